The number of unbranched alkanes of at least 4 members (excludes halogenated alkanes) is 12. The number of aromatic nitrogens is 3. The Labute approximate surface area is 729 Å². The maximum Gasteiger partial charge on any atom is 0.328 e. The predicted molar refractivity (Wildman–Crippen MR) is 462 cm³/mol. The fourth-order valence-corrected chi connectivity index (χ4v) is 13.7. The molecule has 0 spiro atoms. The Hall–Kier alpha value is -10.6. The second-order valence-electron chi connectivity index (χ2n) is 28.6. The van der Waals surface area contributed by atoms with E-state index in [2.05, 4.69) is 83.6 Å². The van der Waals surface area contributed by atoms with Crippen molar-refractivity contribution >= 4 is 122 Å². The Balaban J connectivity index is 0.000000387. The van der Waals surface area contributed by atoms with E-state index >= 15 is 0 Å². The van der Waals surface area contributed by atoms with Crippen LogP contribution in [-0.4, -0.2) is 155 Å². The molecule has 123 heavy (non-hydrogen) atoms. The standard InChI is InChI=1S/3C29H39FN4O6S/c1-4-6-7-8-9-13-25(36)41-16-11-10-12-21-17-24(35)31-18-20-14-15-22(30)26(33-20)28(38)34-23(5-2)27(37)32-19(3)29(39)40-21;1-4-6-7-8-9-13-26(36)41-16-11-10-12-20-17-25(35)31-18-24-21(30)14-15-23(33-24)28(38)34-22(5-2)27(37)32-19(3)29(39)40-20;1-4-6-7-8-9-13-26(36)41-14-11-10-12-22-17-25(35)31-18-21-15-20(30)16-24(33-21)28(38)34-23(5-2)27(37)32-19(3)29(39)40-22/h5,10,12,14-15,19,21H,4,6-9,11,13,16-18H2,1-3H3,(H,31,35)(H,32,37)(H,34,38);5,10,12,14-15,19-20H,4,6-9,11,13,16-18H2,1-3H3,(H,31,35)(H,32,37)(H,34,38);5,10,12,15-16,19,22H,4,6-9,11,13-14,17-18H2,1-3H3,(H,31,35)(H,32,37)(H,34,38)/b12-10+,23-5-;12-10+,22-5-;12-10+,23-5-/t19-,21+;19-,20+;19-,22+/m000/s1. The number of hydrogen-bond acceptors (Lipinski definition) is 24. The number of nitrogens with zero attached hydrogens (tertiary/aromatic N) is 3. The zero-order valence-electron chi connectivity index (χ0n) is 71.4. The van der Waals surface area contributed by atoms with Crippen LogP contribution in [0.15, 0.2) is 108 Å². The van der Waals surface area contributed by atoms with Crippen molar-refractivity contribution in [1.29, 1.82) is 0 Å². The highest BCUT2D eigenvalue weighted by molar-refractivity contribution is 8.14. The van der Waals surface area contributed by atoms with E-state index in [0.717, 1.165) is 107 Å². The summed E-state index contributed by atoms with van der Waals surface area (Å²) in [6.45, 7) is 14.6. The fourth-order valence-electron chi connectivity index (χ4n) is 11.4. The van der Waals surface area contributed by atoms with Crippen LogP contribution in [-0.2, 0) is 91.4 Å². The second-order valence-corrected chi connectivity index (χ2v) is 32.1. The van der Waals surface area contributed by atoms with Gasteiger partial charge in [-0.05, 0) is 129 Å². The molecule has 0 aliphatic carbocycles. The molecular weight excluding hydrogens is 1650 g/mol. The third kappa shape index (κ3) is 42.4. The van der Waals surface area contributed by atoms with Gasteiger partial charge in [0, 0.05) is 42.6 Å². The number of allylic oxidation sites excluding steroid dienone is 6. The van der Waals surface area contributed by atoms with Crippen LogP contribution in [0.1, 0.15) is 265 Å². The third-order valence-corrected chi connectivity index (χ3v) is 21.2. The number of halogens is 3. The first-order chi connectivity index (χ1) is 58.9. The number of carbonyl (C=O) groups is 15. The summed E-state index contributed by atoms with van der Waals surface area (Å²) in [5, 5.41) is 22.5. The number of carbonyl (C=O) groups excluding carboxylic acids is 15. The first-order valence-electron chi connectivity index (χ1n) is 41.6. The van der Waals surface area contributed by atoms with Crippen LogP contribution < -0.4 is 47.9 Å². The highest BCUT2D eigenvalue weighted by atomic mass is 32.2. The number of amides is 9. The average Bonchev–Trinajstić information content (AvgIpc) is 0.833. The molecule has 9 amide bonds. The molecule has 0 saturated heterocycles. The highest BCUT2D eigenvalue weighted by Gasteiger charge is 2.30. The molecule has 3 aliphatic heterocycles. The van der Waals surface area contributed by atoms with E-state index in [1.54, 1.807) is 36.5 Å². The van der Waals surface area contributed by atoms with E-state index in [1.807, 2.05) is 0 Å². The lowest BCUT2D eigenvalue weighted by molar-refractivity contribution is -0.152. The molecule has 0 radical (unpaired) electrons. The van der Waals surface area contributed by atoms with Gasteiger partial charge in [0.15, 0.2) is 26.9 Å². The maximum absolute atomic E-state index is 14.3. The quantitative estimate of drug-likeness (QED) is 0.00984. The first kappa shape index (κ1) is 105. The van der Waals surface area contributed by atoms with Crippen molar-refractivity contribution in [1.82, 2.24) is 62.8 Å². The summed E-state index contributed by atoms with van der Waals surface area (Å²) in [5.41, 5.74) is -1.34. The Bertz CT molecular complexity index is 4310. The van der Waals surface area contributed by atoms with Gasteiger partial charge in [-0.25, -0.2) is 42.5 Å². The summed E-state index contributed by atoms with van der Waals surface area (Å²) in [7, 11) is 0. The van der Waals surface area contributed by atoms with E-state index in [9.17, 15) is 85.1 Å². The van der Waals surface area contributed by atoms with Crippen molar-refractivity contribution in [2.24, 2.45) is 0 Å². The SMILES string of the molecule is C/C=C1\NC(=O)c2cc(F)cc(n2)CNC(=O)C[C@@H](/C=C/CCSC(=O)CCCCCCC)OC(=O)[C@H](C)NC1=O.C/C=C1\NC(=O)c2ccc(F)c(n2)CNC(=O)C[C@@H](/C=C/CCSC(=O)CCCCCCC)OC(=O)[C@H](C)NC1=O.C/C=C1\NC(=O)c2nc(ccc2F)CNC(=O)C[C@@H](/C=C/CCSC(=O)CCCCCCC)OC(=O)[C@H](C)NC1=O. The fraction of sp³-hybridized carbons (Fsp3) is 0.517. The average molecular weight is 1770 g/mol. The molecule has 6 bridgehead atoms. The molecule has 3 aromatic rings. The van der Waals surface area contributed by atoms with Crippen molar-refractivity contribution in [2.75, 3.05) is 17.3 Å². The second kappa shape index (κ2) is 59.2. The van der Waals surface area contributed by atoms with Gasteiger partial charge in [-0.2, -0.15) is 0 Å². The summed E-state index contributed by atoms with van der Waals surface area (Å²) in [6.07, 6.45) is 29.7. The molecule has 6 heterocycles. The number of esters is 3. The molecule has 0 unspecified atom stereocenters. The predicted octanol–water partition coefficient (Wildman–Crippen LogP) is 11.6. The van der Waals surface area contributed by atoms with Gasteiger partial charge in [-0.15, -0.1) is 0 Å². The van der Waals surface area contributed by atoms with Gasteiger partial charge in [-0.3, -0.25) is 57.5 Å². The number of hydrogen-bond donors (Lipinski definition) is 9. The van der Waals surface area contributed by atoms with Gasteiger partial charge in [-0.1, -0.05) is 170 Å². The van der Waals surface area contributed by atoms with Crippen molar-refractivity contribution in [2.45, 2.75) is 272 Å². The topological polar surface area (TPSA) is 431 Å². The number of fused-ring (bicyclic) bond motifs is 6. The smallest absolute Gasteiger partial charge is 0.328 e. The van der Waals surface area contributed by atoms with Gasteiger partial charge in [0.25, 0.3) is 35.4 Å². The minimum absolute atomic E-state index is 0.0897. The zero-order chi connectivity index (χ0) is 90.6. The molecule has 0 aromatic carbocycles. The molecular formula is C87H117F3N12O18S3. The molecule has 0 saturated carbocycles. The van der Waals surface area contributed by atoms with E-state index in [0.29, 0.717) is 55.8 Å². The molecule has 9 N–H and O–H groups in total. The summed E-state index contributed by atoms with van der Waals surface area (Å²) in [6, 6.07) is 3.24. The Morgan fingerprint density at radius 2 is 0.772 bits per heavy atom. The monoisotopic (exact) mass is 1770 g/mol. The largest absolute Gasteiger partial charge is 0.456 e. The number of rotatable bonds is 30. The maximum atomic E-state index is 14.3. The molecule has 0 fully saturated rings. The summed E-state index contributed by atoms with van der Waals surface area (Å²) in [4.78, 5) is 200. The molecule has 6 rings (SSSR count). The summed E-state index contributed by atoms with van der Waals surface area (Å²) < 4.78 is 59.3. The summed E-state index contributed by atoms with van der Waals surface area (Å²) >= 11 is 3.76. The molecule has 36 heteroatoms. The number of thioether (sulfide) groups is 3. The molecule has 672 valence electrons. The van der Waals surface area contributed by atoms with Crippen LogP contribution in [0.3, 0.4) is 0 Å². The van der Waals surface area contributed by atoms with E-state index < -0.39 is 131 Å². The van der Waals surface area contributed by atoms with Crippen LogP contribution >= 0.6 is 35.3 Å². The zero-order valence-corrected chi connectivity index (χ0v) is 73.8. The van der Waals surface area contributed by atoms with Crippen LogP contribution in [0.2, 0.25) is 0 Å². The lowest BCUT2D eigenvalue weighted by Crippen LogP contribution is -2.44. The Morgan fingerprint density at radius 3 is 1.16 bits per heavy atom. The minimum atomic E-state index is -1.12. The van der Waals surface area contributed by atoms with E-state index in [4.69, 9.17) is 14.2 Å². The molecule has 3 aromatic heterocycles. The number of ether oxygens (including phenoxy) is 3. The van der Waals surface area contributed by atoms with Crippen LogP contribution in [0.4, 0.5) is 13.2 Å². The van der Waals surface area contributed by atoms with Crippen molar-refractivity contribution < 1.29 is 99.3 Å². The number of cyclic esters (lactones) is 3. The van der Waals surface area contributed by atoms with E-state index in [-0.39, 0.29) is 99.8 Å². The van der Waals surface area contributed by atoms with Crippen LogP contribution in [0.5, 0.6) is 0 Å². The normalized spacial score (nSPS) is 20.0. The van der Waals surface area contributed by atoms with Gasteiger partial charge in [0.05, 0.1) is 56.0 Å². The lowest BCUT2D eigenvalue weighted by Gasteiger charge is -2.20. The Morgan fingerprint density at radius 1 is 0.415 bits per heavy atom. The van der Waals surface area contributed by atoms with Crippen molar-refractivity contribution in [3.63, 3.8) is 0 Å². The first-order valence-corrected chi connectivity index (χ1v) is 44.6. The molecule has 6 atom stereocenters. The Kier molecular flexibility index (Phi) is 50.4. The minimum Gasteiger partial charge on any atom is -0.456 e. The molecule has 3 aliphatic rings. The number of nitrogens with one attached hydrogen (secondary N) is 9. The third-order valence-electron chi connectivity index (χ3n) is 18.3. The van der Waals surface area contributed by atoms with Gasteiger partial charge in [0.2, 0.25) is 17.7 Å². The molecule has 30 nitrogen and oxygen atoms in total. The lowest BCUT2D eigenvalue weighted by atomic mass is 10.1. The van der Waals surface area contributed by atoms with Crippen molar-refractivity contribution in [3.8, 4) is 0 Å². The van der Waals surface area contributed by atoms with Gasteiger partial charge in [0.1, 0.15) is 76.6 Å². The van der Waals surface area contributed by atoms with Crippen molar-refractivity contribution in [3.05, 3.63) is 160 Å². The van der Waals surface area contributed by atoms with E-state index in [1.165, 1.54) is 120 Å². The van der Waals surface area contributed by atoms with Crippen LogP contribution in [0, 0.1) is 17.5 Å². The number of pyridine rings is 3. The summed E-state index contributed by atoms with van der Waals surface area (Å²) in [5.74, 6) is -9.44. The van der Waals surface area contributed by atoms with Gasteiger partial charge < -0.3 is 62.1 Å². The highest BCUT2D eigenvalue weighted by Crippen LogP contribution is 2.20. The van der Waals surface area contributed by atoms with Crippen LogP contribution in [0.25, 0.3) is 0 Å². The van der Waals surface area contributed by atoms with Gasteiger partial charge >= 0.3 is 17.9 Å².